The van der Waals surface area contributed by atoms with Crippen molar-refractivity contribution in [1.29, 1.82) is 0 Å². The van der Waals surface area contributed by atoms with Crippen LogP contribution in [0.15, 0.2) is 84.9 Å². The first-order valence-electron chi connectivity index (χ1n) is 13.0. The highest BCUT2D eigenvalue weighted by Gasteiger charge is 2.21. The summed E-state index contributed by atoms with van der Waals surface area (Å²) in [6, 6.07) is 25.6. The number of hydrogen-bond donors (Lipinski definition) is 2. The number of nitrogens with one attached hydrogen (secondary N) is 2. The molecule has 0 atom stereocenters. The third-order valence-corrected chi connectivity index (χ3v) is 6.28. The minimum Gasteiger partial charge on any atom is -0.492 e. The number of benzene rings is 3. The van der Waals surface area contributed by atoms with Crippen molar-refractivity contribution in [1.82, 2.24) is 14.7 Å². The molecule has 4 rings (SSSR count). The predicted octanol–water partition coefficient (Wildman–Crippen LogP) is 6.86. The minimum absolute atomic E-state index is 0.142. The molecule has 4 aromatic rings. The molecular weight excluding hydrogens is 514 g/mol. The molecule has 0 fully saturated rings. The van der Waals surface area contributed by atoms with Gasteiger partial charge in [-0.05, 0) is 37.6 Å². The number of rotatable bonds is 11. The van der Waals surface area contributed by atoms with Crippen molar-refractivity contribution >= 4 is 35.0 Å². The predicted molar refractivity (Wildman–Crippen MR) is 156 cm³/mol. The van der Waals surface area contributed by atoms with Crippen LogP contribution in [0, 0.1) is 0 Å². The van der Waals surface area contributed by atoms with Crippen LogP contribution in [0.25, 0.3) is 16.9 Å². The monoisotopic (exact) mass is 545 g/mol. The number of anilines is 2. The lowest BCUT2D eigenvalue weighted by atomic mass is 10.1. The first-order valence-corrected chi connectivity index (χ1v) is 13.4. The quantitative estimate of drug-likeness (QED) is 0.215. The Hall–Kier alpha value is -4.30. The first kappa shape index (κ1) is 27.7. The largest absolute Gasteiger partial charge is 0.492 e. The van der Waals surface area contributed by atoms with Crippen LogP contribution in [0.1, 0.15) is 26.7 Å². The number of hydrogen-bond acceptors (Lipinski definition) is 4. The summed E-state index contributed by atoms with van der Waals surface area (Å²) in [5.74, 6) is 0.669. The molecule has 0 radical (unpaired) electrons. The molecule has 0 spiro atoms. The number of aromatic nitrogens is 2. The lowest BCUT2D eigenvalue weighted by Crippen LogP contribution is -2.41. The highest BCUT2D eigenvalue weighted by molar-refractivity contribution is 6.32. The number of nitrogens with zero attached hydrogens (tertiary/aromatic N) is 3. The van der Waals surface area contributed by atoms with E-state index in [1.807, 2.05) is 74.5 Å². The third kappa shape index (κ3) is 7.18. The van der Waals surface area contributed by atoms with E-state index < -0.39 is 0 Å². The molecule has 202 valence electrons. The summed E-state index contributed by atoms with van der Waals surface area (Å²) < 4.78 is 7.24. The second-order valence-corrected chi connectivity index (χ2v) is 9.23. The van der Waals surface area contributed by atoms with Crippen molar-refractivity contribution < 1.29 is 14.3 Å². The van der Waals surface area contributed by atoms with Crippen molar-refractivity contribution in [2.75, 3.05) is 30.3 Å². The Labute approximate surface area is 233 Å². The molecule has 1 heterocycles. The molecule has 0 aliphatic heterocycles. The number of unbranched alkanes of at least 4 members (excludes halogenated alkanes) is 1. The summed E-state index contributed by atoms with van der Waals surface area (Å²) in [5.41, 5.74) is 2.76. The van der Waals surface area contributed by atoms with Gasteiger partial charge in [-0.15, -0.1) is 0 Å². The minimum atomic E-state index is -0.379. The van der Waals surface area contributed by atoms with Crippen LogP contribution in [0.4, 0.5) is 16.3 Å². The lowest BCUT2D eigenvalue weighted by molar-refractivity contribution is -0.116. The molecule has 9 heteroatoms. The smallest absolute Gasteiger partial charge is 0.322 e. The summed E-state index contributed by atoms with van der Waals surface area (Å²) >= 11 is 6.47. The van der Waals surface area contributed by atoms with Crippen LogP contribution < -0.4 is 15.4 Å². The van der Waals surface area contributed by atoms with E-state index in [-0.39, 0.29) is 18.5 Å². The molecule has 0 bridgehead atoms. The topological polar surface area (TPSA) is 88.5 Å². The zero-order chi connectivity index (χ0) is 27.6. The highest BCUT2D eigenvalue weighted by atomic mass is 35.5. The van der Waals surface area contributed by atoms with Gasteiger partial charge in [0.15, 0.2) is 0 Å². The van der Waals surface area contributed by atoms with Gasteiger partial charge in [0.2, 0.25) is 5.91 Å². The van der Waals surface area contributed by atoms with E-state index >= 15 is 0 Å². The molecule has 0 aliphatic rings. The van der Waals surface area contributed by atoms with Gasteiger partial charge in [-0.3, -0.25) is 4.79 Å². The average Bonchev–Trinajstić information content (AvgIpc) is 3.36. The Bertz CT molecular complexity index is 1410. The Kier molecular flexibility index (Phi) is 9.58. The zero-order valence-corrected chi connectivity index (χ0v) is 22.8. The van der Waals surface area contributed by atoms with Crippen molar-refractivity contribution in [3.05, 3.63) is 90.0 Å². The molecule has 0 unspecified atom stereocenters. The van der Waals surface area contributed by atoms with Crippen LogP contribution in [0.2, 0.25) is 5.02 Å². The van der Waals surface area contributed by atoms with Gasteiger partial charge in [0.1, 0.15) is 18.1 Å². The van der Waals surface area contributed by atoms with Gasteiger partial charge in [0, 0.05) is 18.2 Å². The van der Waals surface area contributed by atoms with Crippen molar-refractivity contribution in [2.24, 2.45) is 0 Å². The molecule has 1 aromatic heterocycles. The number of halogens is 1. The van der Waals surface area contributed by atoms with E-state index in [0.29, 0.717) is 46.8 Å². The highest BCUT2D eigenvalue weighted by Crippen LogP contribution is 2.28. The number of para-hydroxylation sites is 3. The second kappa shape index (κ2) is 13.5. The summed E-state index contributed by atoms with van der Waals surface area (Å²) in [5, 5.41) is 11.0. The van der Waals surface area contributed by atoms with Gasteiger partial charge in [-0.1, -0.05) is 79.5 Å². The van der Waals surface area contributed by atoms with Crippen LogP contribution >= 0.6 is 11.6 Å². The van der Waals surface area contributed by atoms with Gasteiger partial charge in [-0.2, -0.15) is 5.10 Å². The normalized spacial score (nSPS) is 10.6. The fourth-order valence-corrected chi connectivity index (χ4v) is 4.25. The zero-order valence-electron chi connectivity index (χ0n) is 22.1. The molecule has 3 aromatic carbocycles. The molecule has 3 amide bonds. The molecule has 2 N–H and O–H groups in total. The standard InChI is InChI=1S/C30H32ClN5O3/c1-3-5-19-35(30(38)32-24-16-10-12-18-27(24)39-4-2)21-29(37)33-28-20-25(22-13-7-6-8-14-22)34-36(28)26-17-11-9-15-23(26)31/h6-18,20H,3-5,19,21H2,1-2H3,(H,32,38)(H,33,37). The Morgan fingerprint density at radius 2 is 1.67 bits per heavy atom. The Morgan fingerprint density at radius 1 is 0.949 bits per heavy atom. The number of amides is 3. The van der Waals surface area contributed by atoms with Crippen molar-refractivity contribution in [3.63, 3.8) is 0 Å². The first-order chi connectivity index (χ1) is 19.0. The number of urea groups is 1. The fourth-order valence-electron chi connectivity index (χ4n) is 4.03. The second-order valence-electron chi connectivity index (χ2n) is 8.83. The maximum atomic E-state index is 13.3. The van der Waals surface area contributed by atoms with E-state index in [2.05, 4.69) is 10.6 Å². The number of carbonyl (C=O) groups is 2. The molecular formula is C30H32ClN5O3. The Morgan fingerprint density at radius 3 is 2.41 bits per heavy atom. The van der Waals surface area contributed by atoms with Gasteiger partial charge in [-0.25, -0.2) is 9.48 Å². The molecule has 39 heavy (non-hydrogen) atoms. The SMILES string of the molecule is CCCCN(CC(=O)Nc1cc(-c2ccccc2)nn1-c1ccccc1Cl)C(=O)Nc1ccccc1OCC. The molecule has 0 saturated heterocycles. The van der Waals surface area contributed by atoms with Crippen LogP contribution in [-0.2, 0) is 4.79 Å². The van der Waals surface area contributed by atoms with Gasteiger partial charge < -0.3 is 20.3 Å². The van der Waals surface area contributed by atoms with E-state index in [9.17, 15) is 9.59 Å². The summed E-state index contributed by atoms with van der Waals surface area (Å²) in [4.78, 5) is 28.0. The maximum Gasteiger partial charge on any atom is 0.322 e. The molecule has 0 aliphatic carbocycles. The van der Waals surface area contributed by atoms with E-state index in [1.54, 1.807) is 28.9 Å². The van der Waals surface area contributed by atoms with Gasteiger partial charge in [0.05, 0.1) is 28.7 Å². The summed E-state index contributed by atoms with van der Waals surface area (Å²) in [6.07, 6.45) is 1.63. The van der Waals surface area contributed by atoms with Crippen molar-refractivity contribution in [3.8, 4) is 22.7 Å². The summed E-state index contributed by atoms with van der Waals surface area (Å²) in [6.45, 7) is 4.67. The lowest BCUT2D eigenvalue weighted by Gasteiger charge is -2.23. The number of carbonyl (C=O) groups excluding carboxylic acids is 2. The van der Waals surface area contributed by atoms with Crippen LogP contribution in [-0.4, -0.2) is 46.3 Å². The average molecular weight is 546 g/mol. The number of ether oxygens (including phenoxy) is 1. The van der Waals surface area contributed by atoms with Crippen LogP contribution in [0.3, 0.4) is 0 Å². The van der Waals surface area contributed by atoms with E-state index in [0.717, 1.165) is 18.4 Å². The molecule has 8 nitrogen and oxygen atoms in total. The maximum absolute atomic E-state index is 13.3. The third-order valence-electron chi connectivity index (χ3n) is 5.96. The fraction of sp³-hybridized carbons (Fsp3) is 0.233. The van der Waals surface area contributed by atoms with Gasteiger partial charge >= 0.3 is 6.03 Å². The van der Waals surface area contributed by atoms with Gasteiger partial charge in [0.25, 0.3) is 0 Å². The molecule has 0 saturated carbocycles. The van der Waals surface area contributed by atoms with E-state index in [4.69, 9.17) is 21.4 Å². The van der Waals surface area contributed by atoms with E-state index in [1.165, 1.54) is 4.90 Å². The van der Waals surface area contributed by atoms with Crippen LogP contribution in [0.5, 0.6) is 5.75 Å². The summed E-state index contributed by atoms with van der Waals surface area (Å²) in [7, 11) is 0. The van der Waals surface area contributed by atoms with Crippen molar-refractivity contribution in [2.45, 2.75) is 26.7 Å². The Balaban J connectivity index is 1.56.